The largest absolute Gasteiger partial charge is 0.381 e. The molecule has 1 unspecified atom stereocenters. The normalized spacial score (nSPS) is 15.9. The Morgan fingerprint density at radius 1 is 1.09 bits per heavy atom. The number of hydrogen-bond donors (Lipinski definition) is 2. The number of aryl methyl sites for hydroxylation is 2. The van der Waals surface area contributed by atoms with Crippen molar-refractivity contribution in [1.82, 2.24) is 4.90 Å². The van der Waals surface area contributed by atoms with E-state index < -0.39 is 12.6 Å². The Balaban J connectivity index is 1.60. The van der Waals surface area contributed by atoms with Crippen LogP contribution in [0.4, 0.5) is 24.5 Å². The number of thiophene rings is 1. The summed E-state index contributed by atoms with van der Waals surface area (Å²) in [6.45, 7) is 6.44. The summed E-state index contributed by atoms with van der Waals surface area (Å²) in [4.78, 5) is 2.65. The summed E-state index contributed by atoms with van der Waals surface area (Å²) in [5.74, 6) is 5.97. The number of likely N-dealkylation sites (tertiary alicyclic amines) is 1. The van der Waals surface area contributed by atoms with Gasteiger partial charge in [-0.3, -0.25) is 0 Å². The number of benzene rings is 2. The molecule has 2 heterocycles. The fraction of sp³-hybridized carbons (Fsp3) is 0.407. The molecule has 1 fully saturated rings. The van der Waals surface area contributed by atoms with E-state index in [9.17, 15) is 13.2 Å². The maximum Gasteiger partial charge on any atom is 0.273 e. The molecule has 0 radical (unpaired) electrons. The van der Waals surface area contributed by atoms with Crippen LogP contribution in [0.15, 0.2) is 36.4 Å². The highest BCUT2D eigenvalue weighted by Crippen LogP contribution is 2.42. The molecule has 3 aromatic rings. The van der Waals surface area contributed by atoms with Crippen LogP contribution in [0.1, 0.15) is 40.6 Å². The van der Waals surface area contributed by atoms with Crippen molar-refractivity contribution in [2.24, 2.45) is 0 Å². The molecule has 0 spiro atoms. The Hall–Kier alpha value is -2.69. The monoisotopic (exact) mass is 485 g/mol. The van der Waals surface area contributed by atoms with Crippen LogP contribution in [0.3, 0.4) is 0 Å². The molecule has 7 heteroatoms. The number of halogens is 3. The molecule has 1 aliphatic heterocycles. The van der Waals surface area contributed by atoms with Crippen LogP contribution < -0.4 is 10.6 Å². The summed E-state index contributed by atoms with van der Waals surface area (Å²) in [5.41, 5.74) is 4.18. The summed E-state index contributed by atoms with van der Waals surface area (Å²) >= 11 is 1.29. The highest BCUT2D eigenvalue weighted by Gasteiger charge is 2.29. The Labute approximate surface area is 203 Å². The third-order valence-corrected chi connectivity index (χ3v) is 7.59. The van der Waals surface area contributed by atoms with Crippen LogP contribution in [0, 0.1) is 25.7 Å². The first-order valence-electron chi connectivity index (χ1n) is 11.6. The second-order valence-corrected chi connectivity index (χ2v) is 9.96. The van der Waals surface area contributed by atoms with E-state index in [1.54, 1.807) is 12.1 Å². The number of anilines is 2. The summed E-state index contributed by atoms with van der Waals surface area (Å²) in [7, 11) is 2.11. The average molecular weight is 486 g/mol. The molecule has 0 aliphatic carbocycles. The third kappa shape index (κ3) is 5.51. The fourth-order valence-corrected chi connectivity index (χ4v) is 5.42. The van der Waals surface area contributed by atoms with Crippen LogP contribution in [0.5, 0.6) is 0 Å². The molecule has 1 saturated heterocycles. The third-order valence-electron chi connectivity index (χ3n) is 6.42. The average Bonchev–Trinajstić information content (AvgIpc) is 3.19. The lowest BCUT2D eigenvalue weighted by Gasteiger charge is -2.30. The molecular weight excluding hydrogens is 455 g/mol. The second kappa shape index (κ2) is 10.7. The van der Waals surface area contributed by atoms with Crippen LogP contribution in [0.2, 0.25) is 0 Å². The van der Waals surface area contributed by atoms with Gasteiger partial charge in [0.25, 0.3) is 6.43 Å². The summed E-state index contributed by atoms with van der Waals surface area (Å²) in [5, 5.41) is 7.31. The highest BCUT2D eigenvalue weighted by molar-refractivity contribution is 7.20. The fourth-order valence-electron chi connectivity index (χ4n) is 4.24. The van der Waals surface area contributed by atoms with E-state index in [1.165, 1.54) is 22.5 Å². The molecule has 34 heavy (non-hydrogen) atoms. The number of alkyl halides is 3. The van der Waals surface area contributed by atoms with Gasteiger partial charge in [-0.25, -0.2) is 13.2 Å². The Morgan fingerprint density at radius 2 is 1.85 bits per heavy atom. The van der Waals surface area contributed by atoms with Gasteiger partial charge in [0, 0.05) is 22.7 Å². The van der Waals surface area contributed by atoms with Gasteiger partial charge in [-0.05, 0) is 76.2 Å². The van der Waals surface area contributed by atoms with Crippen molar-refractivity contribution in [2.75, 3.05) is 37.3 Å². The smallest absolute Gasteiger partial charge is 0.273 e. The van der Waals surface area contributed by atoms with Crippen molar-refractivity contribution in [1.29, 1.82) is 0 Å². The zero-order valence-corrected chi connectivity index (χ0v) is 20.5. The number of nitrogens with one attached hydrogen (secondary N) is 2. The SMILES string of the molecule is Cc1ccc(NCC#Cc2sc3c(NC4CCN(C)CC4)cccc3c2C(F)C(F)F)cc1C. The van der Waals surface area contributed by atoms with E-state index in [2.05, 4.69) is 34.4 Å². The highest BCUT2D eigenvalue weighted by atomic mass is 32.1. The lowest BCUT2D eigenvalue weighted by atomic mass is 10.0. The van der Waals surface area contributed by atoms with Crippen LogP contribution in [-0.4, -0.2) is 44.0 Å². The summed E-state index contributed by atoms with van der Waals surface area (Å²) in [6.07, 6.45) is -3.46. The van der Waals surface area contributed by atoms with Crippen LogP contribution in [0.25, 0.3) is 10.1 Å². The van der Waals surface area contributed by atoms with E-state index >= 15 is 0 Å². The van der Waals surface area contributed by atoms with Gasteiger partial charge >= 0.3 is 0 Å². The Bertz CT molecular complexity index is 1200. The molecule has 0 amide bonds. The van der Waals surface area contributed by atoms with Crippen molar-refractivity contribution < 1.29 is 13.2 Å². The van der Waals surface area contributed by atoms with E-state index in [0.29, 0.717) is 22.8 Å². The molecule has 1 aliphatic rings. The minimum atomic E-state index is -3.10. The maximum absolute atomic E-state index is 14.7. The first-order chi connectivity index (χ1) is 16.3. The second-order valence-electron chi connectivity index (χ2n) is 8.94. The van der Waals surface area contributed by atoms with Gasteiger partial charge < -0.3 is 15.5 Å². The number of hydrogen-bond acceptors (Lipinski definition) is 4. The Kier molecular flexibility index (Phi) is 7.70. The molecule has 3 nitrogen and oxygen atoms in total. The van der Waals surface area contributed by atoms with Gasteiger partial charge in [0.2, 0.25) is 0 Å². The first kappa shape index (κ1) is 24.4. The molecule has 180 valence electrons. The molecule has 2 aromatic carbocycles. The molecule has 1 atom stereocenters. The van der Waals surface area contributed by atoms with Crippen molar-refractivity contribution in [3.05, 3.63) is 58.0 Å². The van der Waals surface area contributed by atoms with Gasteiger partial charge in [0.1, 0.15) is 0 Å². The van der Waals surface area contributed by atoms with Gasteiger partial charge in [0.05, 0.1) is 21.8 Å². The van der Waals surface area contributed by atoms with Gasteiger partial charge in [-0.2, -0.15) is 0 Å². The van der Waals surface area contributed by atoms with E-state index in [-0.39, 0.29) is 5.56 Å². The number of fused-ring (bicyclic) bond motifs is 1. The van der Waals surface area contributed by atoms with Crippen LogP contribution in [-0.2, 0) is 0 Å². The minimum absolute atomic E-state index is 0.000655. The maximum atomic E-state index is 14.7. The van der Waals surface area contributed by atoms with E-state index in [0.717, 1.165) is 42.0 Å². The van der Waals surface area contributed by atoms with Gasteiger partial charge in [-0.15, -0.1) is 11.3 Å². The molecule has 0 bridgehead atoms. The molecular formula is C27H30F3N3S. The summed E-state index contributed by atoms with van der Waals surface area (Å²) in [6, 6.07) is 11.8. The molecule has 0 saturated carbocycles. The van der Waals surface area contributed by atoms with E-state index in [4.69, 9.17) is 0 Å². The Morgan fingerprint density at radius 3 is 2.56 bits per heavy atom. The quantitative estimate of drug-likeness (QED) is 0.378. The molecule has 4 rings (SSSR count). The van der Waals surface area contributed by atoms with Gasteiger partial charge in [0.15, 0.2) is 6.17 Å². The number of rotatable bonds is 6. The minimum Gasteiger partial charge on any atom is -0.381 e. The topological polar surface area (TPSA) is 27.3 Å². The lowest BCUT2D eigenvalue weighted by Crippen LogP contribution is -2.36. The van der Waals surface area contributed by atoms with Gasteiger partial charge in [-0.1, -0.05) is 30.0 Å². The zero-order valence-electron chi connectivity index (χ0n) is 19.7. The van der Waals surface area contributed by atoms with Crippen LogP contribution >= 0.6 is 11.3 Å². The lowest BCUT2D eigenvalue weighted by molar-refractivity contribution is 0.0504. The number of piperidine rings is 1. The first-order valence-corrected chi connectivity index (χ1v) is 12.4. The molecule has 1 aromatic heterocycles. The molecule has 2 N–H and O–H groups in total. The standard InChI is InChI=1S/C27H30F3N3S/c1-17-9-10-20(16-18(17)2)31-13-5-8-23-24(25(28)27(29)30)21-6-4-7-22(26(21)34-23)32-19-11-14-33(3)15-12-19/h4,6-7,9-10,16,19,25,27,31-32H,11-15H2,1-3H3. The summed E-state index contributed by atoms with van der Waals surface area (Å²) < 4.78 is 42.4. The zero-order chi connectivity index (χ0) is 24.2. The van der Waals surface area contributed by atoms with E-state index in [1.807, 2.05) is 38.1 Å². The predicted molar refractivity (Wildman–Crippen MR) is 137 cm³/mol. The van der Waals surface area contributed by atoms with Crippen molar-refractivity contribution in [3.8, 4) is 11.8 Å². The number of nitrogens with zero attached hydrogens (tertiary/aromatic N) is 1. The van der Waals surface area contributed by atoms with Crippen molar-refractivity contribution in [2.45, 2.75) is 45.3 Å². The van der Waals surface area contributed by atoms with Crippen molar-refractivity contribution >= 4 is 32.8 Å². The predicted octanol–water partition coefficient (Wildman–Crippen LogP) is 6.76. The van der Waals surface area contributed by atoms with Crippen molar-refractivity contribution in [3.63, 3.8) is 0 Å².